The molecular weight excluding hydrogens is 282 g/mol. The average molecular weight is 304 g/mol. The lowest BCUT2D eigenvalue weighted by molar-refractivity contribution is 0.305. The number of nitrogens with one attached hydrogen (secondary N) is 1. The summed E-state index contributed by atoms with van der Waals surface area (Å²) in [6.07, 6.45) is 1.13. The predicted octanol–water partition coefficient (Wildman–Crippen LogP) is 4.73. The molecule has 2 rings (SSSR count). The van der Waals surface area contributed by atoms with Gasteiger partial charge in [0, 0.05) is 6.54 Å². The predicted molar refractivity (Wildman–Crippen MR) is 89.0 cm³/mol. The van der Waals surface area contributed by atoms with Crippen LogP contribution in [0, 0.1) is 6.92 Å². The smallest absolute Gasteiger partial charge is 0.138 e. The van der Waals surface area contributed by atoms with E-state index in [4.69, 9.17) is 16.3 Å². The van der Waals surface area contributed by atoms with Gasteiger partial charge < -0.3 is 10.1 Å². The number of benzene rings is 2. The SMILES string of the molecule is CCCNCc1ccc(OCc2ccccc2C)c(Cl)c1. The molecule has 3 heteroatoms. The number of hydrogen-bond donors (Lipinski definition) is 1. The maximum absolute atomic E-state index is 6.30. The Balaban J connectivity index is 1.96. The van der Waals surface area contributed by atoms with Crippen LogP contribution in [0.25, 0.3) is 0 Å². The monoisotopic (exact) mass is 303 g/mol. The summed E-state index contributed by atoms with van der Waals surface area (Å²) >= 11 is 6.30. The summed E-state index contributed by atoms with van der Waals surface area (Å²) in [6, 6.07) is 14.2. The standard InChI is InChI=1S/C18H22ClNO/c1-3-10-20-12-15-8-9-18(17(19)11-15)21-13-16-7-5-4-6-14(16)2/h4-9,11,20H,3,10,12-13H2,1-2H3. The fourth-order valence-corrected chi connectivity index (χ4v) is 2.37. The fraction of sp³-hybridized carbons (Fsp3) is 0.333. The van der Waals surface area contributed by atoms with Gasteiger partial charge >= 0.3 is 0 Å². The van der Waals surface area contributed by atoms with Crippen molar-refractivity contribution in [3.63, 3.8) is 0 Å². The van der Waals surface area contributed by atoms with Crippen molar-refractivity contribution in [2.75, 3.05) is 6.54 Å². The molecular formula is C18H22ClNO. The Morgan fingerprint density at radius 3 is 2.67 bits per heavy atom. The Kier molecular flexibility index (Phi) is 6.09. The third-order valence-electron chi connectivity index (χ3n) is 3.40. The van der Waals surface area contributed by atoms with E-state index in [2.05, 4.69) is 37.4 Å². The van der Waals surface area contributed by atoms with Gasteiger partial charge in [-0.15, -0.1) is 0 Å². The summed E-state index contributed by atoms with van der Waals surface area (Å²) in [6.45, 7) is 6.64. The Morgan fingerprint density at radius 2 is 1.95 bits per heavy atom. The number of rotatable bonds is 7. The topological polar surface area (TPSA) is 21.3 Å². The van der Waals surface area contributed by atoms with Gasteiger partial charge in [0.2, 0.25) is 0 Å². The van der Waals surface area contributed by atoms with E-state index in [0.29, 0.717) is 11.6 Å². The van der Waals surface area contributed by atoms with Gasteiger partial charge in [-0.1, -0.05) is 48.9 Å². The van der Waals surface area contributed by atoms with E-state index in [0.717, 1.165) is 25.3 Å². The molecule has 0 saturated heterocycles. The molecule has 0 amide bonds. The van der Waals surface area contributed by atoms with Crippen molar-refractivity contribution in [3.05, 3.63) is 64.2 Å². The highest BCUT2D eigenvalue weighted by molar-refractivity contribution is 6.32. The molecule has 2 aromatic rings. The first-order chi connectivity index (χ1) is 10.2. The summed E-state index contributed by atoms with van der Waals surface area (Å²) in [5, 5.41) is 4.03. The van der Waals surface area contributed by atoms with Crippen LogP contribution >= 0.6 is 11.6 Å². The summed E-state index contributed by atoms with van der Waals surface area (Å²) in [4.78, 5) is 0. The second kappa shape index (κ2) is 8.06. The minimum atomic E-state index is 0.541. The van der Waals surface area contributed by atoms with Crippen molar-refractivity contribution in [1.82, 2.24) is 5.32 Å². The van der Waals surface area contributed by atoms with Gasteiger partial charge in [0.15, 0.2) is 0 Å². The van der Waals surface area contributed by atoms with Gasteiger partial charge in [0.25, 0.3) is 0 Å². The van der Waals surface area contributed by atoms with Crippen LogP contribution in [0.3, 0.4) is 0 Å². The van der Waals surface area contributed by atoms with E-state index in [9.17, 15) is 0 Å². The zero-order valence-corrected chi connectivity index (χ0v) is 13.4. The minimum Gasteiger partial charge on any atom is -0.487 e. The van der Waals surface area contributed by atoms with Gasteiger partial charge in [-0.2, -0.15) is 0 Å². The largest absolute Gasteiger partial charge is 0.487 e. The Morgan fingerprint density at radius 1 is 1.14 bits per heavy atom. The van der Waals surface area contributed by atoms with E-state index in [1.165, 1.54) is 16.7 Å². The third-order valence-corrected chi connectivity index (χ3v) is 3.69. The molecule has 0 fully saturated rings. The second-order valence-electron chi connectivity index (χ2n) is 5.16. The molecule has 0 bridgehead atoms. The summed E-state index contributed by atoms with van der Waals surface area (Å²) in [7, 11) is 0. The molecule has 2 aromatic carbocycles. The second-order valence-corrected chi connectivity index (χ2v) is 5.56. The van der Waals surface area contributed by atoms with Gasteiger partial charge in [-0.05, 0) is 48.7 Å². The van der Waals surface area contributed by atoms with E-state index in [1.54, 1.807) is 0 Å². The summed E-state index contributed by atoms with van der Waals surface area (Å²) in [5.74, 6) is 0.735. The highest BCUT2D eigenvalue weighted by Crippen LogP contribution is 2.26. The van der Waals surface area contributed by atoms with E-state index in [1.807, 2.05) is 24.3 Å². The number of halogens is 1. The molecule has 0 saturated carbocycles. The lowest BCUT2D eigenvalue weighted by Gasteiger charge is -2.11. The minimum absolute atomic E-state index is 0.541. The fourth-order valence-electron chi connectivity index (χ4n) is 2.11. The molecule has 0 radical (unpaired) electrons. The van der Waals surface area contributed by atoms with Crippen molar-refractivity contribution in [1.29, 1.82) is 0 Å². The Labute approximate surface area is 132 Å². The zero-order chi connectivity index (χ0) is 15.1. The van der Waals surface area contributed by atoms with Crippen LogP contribution in [0.5, 0.6) is 5.75 Å². The van der Waals surface area contributed by atoms with E-state index in [-0.39, 0.29) is 0 Å². The molecule has 0 aliphatic carbocycles. The lowest BCUT2D eigenvalue weighted by Crippen LogP contribution is -2.13. The van der Waals surface area contributed by atoms with Crippen molar-refractivity contribution < 1.29 is 4.74 Å². The van der Waals surface area contributed by atoms with E-state index >= 15 is 0 Å². The Hall–Kier alpha value is -1.51. The zero-order valence-electron chi connectivity index (χ0n) is 12.7. The quantitative estimate of drug-likeness (QED) is 0.747. The molecule has 112 valence electrons. The molecule has 0 atom stereocenters. The van der Waals surface area contributed by atoms with Crippen LogP contribution in [0.15, 0.2) is 42.5 Å². The van der Waals surface area contributed by atoms with Crippen LogP contribution in [0.1, 0.15) is 30.0 Å². The molecule has 0 aliphatic rings. The first-order valence-corrected chi connectivity index (χ1v) is 7.75. The van der Waals surface area contributed by atoms with Gasteiger partial charge in [0.05, 0.1) is 5.02 Å². The molecule has 0 unspecified atom stereocenters. The number of hydrogen-bond acceptors (Lipinski definition) is 2. The van der Waals surface area contributed by atoms with Crippen molar-refractivity contribution >= 4 is 11.6 Å². The van der Waals surface area contributed by atoms with Crippen LogP contribution in [0.2, 0.25) is 5.02 Å². The number of aryl methyl sites for hydroxylation is 1. The molecule has 0 spiro atoms. The third kappa shape index (κ3) is 4.76. The maximum Gasteiger partial charge on any atom is 0.138 e. The first kappa shape index (κ1) is 15.9. The van der Waals surface area contributed by atoms with Crippen LogP contribution < -0.4 is 10.1 Å². The van der Waals surface area contributed by atoms with Gasteiger partial charge in [-0.3, -0.25) is 0 Å². The van der Waals surface area contributed by atoms with Gasteiger partial charge in [0.1, 0.15) is 12.4 Å². The molecule has 0 aliphatic heterocycles. The first-order valence-electron chi connectivity index (χ1n) is 7.37. The molecule has 1 N–H and O–H groups in total. The molecule has 0 aromatic heterocycles. The summed E-state index contributed by atoms with van der Waals surface area (Å²) < 4.78 is 5.83. The molecule has 0 heterocycles. The molecule has 21 heavy (non-hydrogen) atoms. The lowest BCUT2D eigenvalue weighted by atomic mass is 10.1. The van der Waals surface area contributed by atoms with Crippen molar-refractivity contribution in [2.24, 2.45) is 0 Å². The van der Waals surface area contributed by atoms with Crippen molar-refractivity contribution in [3.8, 4) is 5.75 Å². The van der Waals surface area contributed by atoms with E-state index < -0.39 is 0 Å². The van der Waals surface area contributed by atoms with Gasteiger partial charge in [-0.25, -0.2) is 0 Å². The number of ether oxygens (including phenoxy) is 1. The normalized spacial score (nSPS) is 10.6. The maximum atomic E-state index is 6.30. The summed E-state index contributed by atoms with van der Waals surface area (Å²) in [5.41, 5.74) is 3.59. The average Bonchev–Trinajstić information content (AvgIpc) is 2.48. The highest BCUT2D eigenvalue weighted by atomic mass is 35.5. The van der Waals surface area contributed by atoms with Crippen LogP contribution in [-0.2, 0) is 13.2 Å². The van der Waals surface area contributed by atoms with Crippen LogP contribution in [-0.4, -0.2) is 6.54 Å². The van der Waals surface area contributed by atoms with Crippen molar-refractivity contribution in [2.45, 2.75) is 33.4 Å². The molecule has 2 nitrogen and oxygen atoms in total. The Bertz CT molecular complexity index is 583. The van der Waals surface area contributed by atoms with Crippen LogP contribution in [0.4, 0.5) is 0 Å². The highest BCUT2D eigenvalue weighted by Gasteiger charge is 2.05.